The number of fused-ring (bicyclic) bond motifs is 1. The minimum absolute atomic E-state index is 0.187. The van der Waals surface area contributed by atoms with Crippen LogP contribution in [0, 0.1) is 0 Å². The fourth-order valence-corrected chi connectivity index (χ4v) is 2.51. The maximum absolute atomic E-state index is 12.1. The van der Waals surface area contributed by atoms with Crippen LogP contribution in [0.25, 0.3) is 22.6 Å². The van der Waals surface area contributed by atoms with Crippen molar-refractivity contribution in [3.8, 4) is 17.2 Å². The predicted octanol–water partition coefficient (Wildman–Crippen LogP) is 4.04. The zero-order valence-electron chi connectivity index (χ0n) is 13.3. The van der Waals surface area contributed by atoms with Gasteiger partial charge < -0.3 is 9.15 Å². The highest BCUT2D eigenvalue weighted by atomic mass is 16.5. The maximum Gasteiger partial charge on any atom is 0.315 e. The topological polar surface area (TPSA) is 65.2 Å². The summed E-state index contributed by atoms with van der Waals surface area (Å²) in [6, 6.07) is 18.4. The summed E-state index contributed by atoms with van der Waals surface area (Å²) in [7, 11) is 0. The van der Waals surface area contributed by atoms with Gasteiger partial charge in [-0.2, -0.15) is 0 Å². The number of aromatic nitrogens is 2. The zero-order valence-corrected chi connectivity index (χ0v) is 13.3. The molecule has 0 saturated heterocycles. The summed E-state index contributed by atoms with van der Waals surface area (Å²) in [6.07, 6.45) is 3.48. The number of carbonyl (C=O) groups is 1. The first-order valence-corrected chi connectivity index (χ1v) is 7.83. The van der Waals surface area contributed by atoms with Gasteiger partial charge in [0.15, 0.2) is 5.58 Å². The van der Waals surface area contributed by atoms with E-state index in [0.29, 0.717) is 22.7 Å². The van der Waals surface area contributed by atoms with Crippen molar-refractivity contribution in [2.24, 2.45) is 0 Å². The molecule has 0 amide bonds. The molecule has 0 fully saturated rings. The van der Waals surface area contributed by atoms with Crippen LogP contribution >= 0.6 is 0 Å². The summed E-state index contributed by atoms with van der Waals surface area (Å²) in [5.74, 6) is 0.631. The van der Waals surface area contributed by atoms with Gasteiger partial charge in [-0.05, 0) is 42.0 Å². The average molecular weight is 330 g/mol. The maximum atomic E-state index is 12.1. The molecule has 0 bridgehead atoms. The predicted molar refractivity (Wildman–Crippen MR) is 93.0 cm³/mol. The Kier molecular flexibility index (Phi) is 3.96. The summed E-state index contributed by atoms with van der Waals surface area (Å²) >= 11 is 0. The molecule has 0 saturated carbocycles. The van der Waals surface area contributed by atoms with E-state index in [-0.39, 0.29) is 12.4 Å². The highest BCUT2D eigenvalue weighted by molar-refractivity contribution is 5.80. The molecule has 122 valence electrons. The van der Waals surface area contributed by atoms with Crippen molar-refractivity contribution in [2.75, 3.05) is 0 Å². The fourth-order valence-electron chi connectivity index (χ4n) is 2.51. The highest BCUT2D eigenvalue weighted by Gasteiger charge is 2.11. The van der Waals surface area contributed by atoms with E-state index in [4.69, 9.17) is 9.15 Å². The van der Waals surface area contributed by atoms with Crippen LogP contribution in [0.15, 0.2) is 77.5 Å². The largest absolute Gasteiger partial charge is 0.436 e. The first kappa shape index (κ1) is 15.1. The van der Waals surface area contributed by atoms with Crippen LogP contribution in [0.3, 0.4) is 0 Å². The van der Waals surface area contributed by atoms with Gasteiger partial charge >= 0.3 is 5.97 Å². The minimum atomic E-state index is -0.339. The van der Waals surface area contributed by atoms with Crippen LogP contribution in [0.1, 0.15) is 5.56 Å². The monoisotopic (exact) mass is 330 g/mol. The summed E-state index contributed by atoms with van der Waals surface area (Å²) in [4.78, 5) is 20.4. The first-order chi connectivity index (χ1) is 12.3. The molecule has 0 atom stereocenters. The molecular weight excluding hydrogens is 316 g/mol. The molecule has 2 heterocycles. The molecule has 4 rings (SSSR count). The molecule has 25 heavy (non-hydrogen) atoms. The molecule has 2 aromatic carbocycles. The summed E-state index contributed by atoms with van der Waals surface area (Å²) in [6.45, 7) is 0. The Balaban J connectivity index is 1.54. The molecule has 5 nitrogen and oxygen atoms in total. The highest BCUT2D eigenvalue weighted by Crippen LogP contribution is 2.27. The fraction of sp³-hybridized carbons (Fsp3) is 0.0500. The zero-order chi connectivity index (χ0) is 17.1. The molecule has 5 heteroatoms. The van der Waals surface area contributed by atoms with E-state index in [1.165, 1.54) is 0 Å². The summed E-state index contributed by atoms with van der Waals surface area (Å²) in [5.41, 5.74) is 3.04. The third-order valence-electron chi connectivity index (χ3n) is 3.71. The number of esters is 1. The third kappa shape index (κ3) is 3.40. The van der Waals surface area contributed by atoms with Gasteiger partial charge in [0.05, 0.1) is 6.42 Å². The number of hydrogen-bond donors (Lipinski definition) is 0. The van der Waals surface area contributed by atoms with Crippen molar-refractivity contribution in [3.05, 3.63) is 78.6 Å². The Morgan fingerprint density at radius 2 is 1.80 bits per heavy atom. The normalized spacial score (nSPS) is 10.7. The third-order valence-corrected chi connectivity index (χ3v) is 3.71. The van der Waals surface area contributed by atoms with Crippen LogP contribution in [0.4, 0.5) is 0 Å². The van der Waals surface area contributed by atoms with E-state index < -0.39 is 0 Å². The number of oxazole rings is 1. The molecule has 4 aromatic rings. The number of rotatable bonds is 4. The van der Waals surface area contributed by atoms with Crippen LogP contribution < -0.4 is 4.74 Å². The first-order valence-electron chi connectivity index (χ1n) is 7.83. The second kappa shape index (κ2) is 6.57. The lowest BCUT2D eigenvalue weighted by Gasteiger charge is -2.03. The van der Waals surface area contributed by atoms with Crippen LogP contribution in [0.5, 0.6) is 5.75 Å². The number of carbonyl (C=O) groups excluding carboxylic acids is 1. The Morgan fingerprint density at radius 3 is 2.60 bits per heavy atom. The van der Waals surface area contributed by atoms with E-state index in [1.54, 1.807) is 42.7 Å². The van der Waals surface area contributed by atoms with E-state index in [2.05, 4.69) is 9.97 Å². The van der Waals surface area contributed by atoms with Crippen molar-refractivity contribution >= 4 is 17.1 Å². The molecule has 0 N–H and O–H groups in total. The van der Waals surface area contributed by atoms with E-state index in [9.17, 15) is 4.79 Å². The van der Waals surface area contributed by atoms with Gasteiger partial charge in [-0.1, -0.05) is 18.2 Å². The van der Waals surface area contributed by atoms with Gasteiger partial charge in [0, 0.05) is 24.0 Å². The molecule has 0 aliphatic carbocycles. The lowest BCUT2D eigenvalue weighted by molar-refractivity contribution is -0.133. The molecule has 0 spiro atoms. The van der Waals surface area contributed by atoms with Crippen LogP contribution in [-0.4, -0.2) is 15.9 Å². The second-order valence-corrected chi connectivity index (χ2v) is 5.52. The van der Waals surface area contributed by atoms with Crippen molar-refractivity contribution in [1.82, 2.24) is 9.97 Å². The van der Waals surface area contributed by atoms with E-state index in [1.807, 2.05) is 30.3 Å². The summed E-state index contributed by atoms with van der Waals surface area (Å²) in [5, 5.41) is 0. The number of pyridine rings is 1. The molecule has 0 aliphatic heterocycles. The number of nitrogens with zero attached hydrogens (tertiary/aromatic N) is 2. The standard InChI is InChI=1S/C20H14N2O3/c23-19(12-14-8-10-21-11-9-14)24-16-6-7-17-18(13-16)25-20(22-17)15-4-2-1-3-5-15/h1-11,13H,12H2. The Bertz CT molecular complexity index is 1010. The van der Waals surface area contributed by atoms with Crippen molar-refractivity contribution < 1.29 is 13.9 Å². The molecule has 0 aliphatic rings. The van der Waals surface area contributed by atoms with Crippen molar-refractivity contribution in [3.63, 3.8) is 0 Å². The summed E-state index contributed by atoms with van der Waals surface area (Å²) < 4.78 is 11.2. The quantitative estimate of drug-likeness (QED) is 0.417. The van der Waals surface area contributed by atoms with Gasteiger partial charge in [0.2, 0.25) is 5.89 Å². The molecule has 0 unspecified atom stereocenters. The smallest absolute Gasteiger partial charge is 0.315 e. The van der Waals surface area contributed by atoms with Gasteiger partial charge in [-0.3, -0.25) is 9.78 Å². The van der Waals surface area contributed by atoms with Gasteiger partial charge in [-0.15, -0.1) is 0 Å². The Labute approximate surface area is 143 Å². The van der Waals surface area contributed by atoms with Gasteiger partial charge in [0.25, 0.3) is 0 Å². The van der Waals surface area contributed by atoms with Gasteiger partial charge in [0.1, 0.15) is 11.3 Å². The van der Waals surface area contributed by atoms with E-state index >= 15 is 0 Å². The molecule has 2 aromatic heterocycles. The SMILES string of the molecule is O=C(Cc1ccncc1)Oc1ccc2nc(-c3ccccc3)oc2c1. The molecule has 0 radical (unpaired) electrons. The van der Waals surface area contributed by atoms with Crippen molar-refractivity contribution in [2.45, 2.75) is 6.42 Å². The van der Waals surface area contributed by atoms with Gasteiger partial charge in [-0.25, -0.2) is 4.98 Å². The number of hydrogen-bond acceptors (Lipinski definition) is 5. The second-order valence-electron chi connectivity index (χ2n) is 5.52. The van der Waals surface area contributed by atoms with Crippen molar-refractivity contribution in [1.29, 1.82) is 0 Å². The lowest BCUT2D eigenvalue weighted by atomic mass is 10.2. The Morgan fingerprint density at radius 1 is 1.00 bits per heavy atom. The van der Waals surface area contributed by atoms with Crippen LogP contribution in [-0.2, 0) is 11.2 Å². The molecular formula is C20H14N2O3. The number of benzene rings is 2. The lowest BCUT2D eigenvalue weighted by Crippen LogP contribution is -2.11. The average Bonchev–Trinajstić information content (AvgIpc) is 3.06. The van der Waals surface area contributed by atoms with E-state index in [0.717, 1.165) is 11.1 Å². The number of ether oxygens (including phenoxy) is 1. The minimum Gasteiger partial charge on any atom is -0.436 e. The van der Waals surface area contributed by atoms with Crippen LogP contribution in [0.2, 0.25) is 0 Å². The Hall–Kier alpha value is -3.47.